The molecule has 2 aromatic carbocycles. The first-order valence-corrected chi connectivity index (χ1v) is 8.77. The number of carboxylic acids is 1. The van der Waals surface area contributed by atoms with Gasteiger partial charge in [0.15, 0.2) is 5.69 Å². The van der Waals surface area contributed by atoms with E-state index < -0.39 is 5.97 Å². The molecule has 0 spiro atoms. The summed E-state index contributed by atoms with van der Waals surface area (Å²) in [5.74, 6) is -0.194. The third kappa shape index (κ3) is 3.37. The fraction of sp³-hybridized carbons (Fsp3) is 0.238. The molecule has 0 amide bonds. The molecule has 3 aromatic rings. The molecular weight excluding hydrogens is 350 g/mol. The highest BCUT2D eigenvalue weighted by Crippen LogP contribution is 2.34. The number of nitrogens with zero attached hydrogens (tertiary/aromatic N) is 1. The maximum atomic E-state index is 11.9. The molecule has 0 saturated carbocycles. The minimum Gasteiger partial charge on any atom is -0.496 e. The number of carboxylic acid groups (broad SMARTS) is 1. The van der Waals surface area contributed by atoms with Crippen LogP contribution in [0.4, 0.5) is 0 Å². The van der Waals surface area contributed by atoms with Crippen molar-refractivity contribution in [2.45, 2.75) is 26.2 Å². The standard InChI is InChI=1S/C21H20ClNO3/c1-12(2)19-15-11-14(22)8-9-17(15)23-20(21(24)25)16(19)10-13-6-4-5-7-18(13)26-3/h4-9,11-12H,10H2,1-3H3,(H,24,25). The van der Waals surface area contributed by atoms with E-state index in [0.717, 1.165) is 22.3 Å². The number of halogens is 1. The Morgan fingerprint density at radius 1 is 1.23 bits per heavy atom. The lowest BCUT2D eigenvalue weighted by Crippen LogP contribution is -2.12. The zero-order valence-electron chi connectivity index (χ0n) is 14.9. The van der Waals surface area contributed by atoms with Crippen LogP contribution in [0.25, 0.3) is 10.9 Å². The van der Waals surface area contributed by atoms with Gasteiger partial charge in [-0.05, 0) is 46.9 Å². The predicted octanol–water partition coefficient (Wildman–Crippen LogP) is 5.31. The molecule has 26 heavy (non-hydrogen) atoms. The molecule has 0 aliphatic carbocycles. The number of fused-ring (bicyclic) bond motifs is 1. The van der Waals surface area contributed by atoms with Crippen molar-refractivity contribution in [2.24, 2.45) is 0 Å². The van der Waals surface area contributed by atoms with E-state index in [1.54, 1.807) is 19.2 Å². The highest BCUT2D eigenvalue weighted by molar-refractivity contribution is 6.31. The number of aromatic nitrogens is 1. The van der Waals surface area contributed by atoms with Gasteiger partial charge in [-0.2, -0.15) is 0 Å². The molecule has 5 heteroatoms. The Hall–Kier alpha value is -2.59. The third-order valence-corrected chi connectivity index (χ3v) is 4.67. The van der Waals surface area contributed by atoms with E-state index >= 15 is 0 Å². The number of ether oxygens (including phenoxy) is 1. The Labute approximate surface area is 157 Å². The van der Waals surface area contributed by atoms with Crippen LogP contribution in [0.2, 0.25) is 5.02 Å². The number of para-hydroxylation sites is 1. The molecule has 1 heterocycles. The summed E-state index contributed by atoms with van der Waals surface area (Å²) >= 11 is 6.19. The first-order valence-electron chi connectivity index (χ1n) is 8.39. The smallest absolute Gasteiger partial charge is 0.354 e. The van der Waals surface area contributed by atoms with Gasteiger partial charge in [0.1, 0.15) is 5.75 Å². The zero-order chi connectivity index (χ0) is 18.8. The number of benzene rings is 2. The summed E-state index contributed by atoms with van der Waals surface area (Å²) in [6.45, 7) is 4.10. The quantitative estimate of drug-likeness (QED) is 0.662. The van der Waals surface area contributed by atoms with Crippen LogP contribution in [-0.2, 0) is 6.42 Å². The second-order valence-electron chi connectivity index (χ2n) is 6.46. The summed E-state index contributed by atoms with van der Waals surface area (Å²) in [5.41, 5.74) is 3.30. The lowest BCUT2D eigenvalue weighted by atomic mass is 9.88. The van der Waals surface area contributed by atoms with E-state index in [1.165, 1.54) is 0 Å². The average Bonchev–Trinajstić information content (AvgIpc) is 2.61. The first-order chi connectivity index (χ1) is 12.4. The van der Waals surface area contributed by atoms with Crippen LogP contribution in [0.3, 0.4) is 0 Å². The van der Waals surface area contributed by atoms with Crippen molar-refractivity contribution in [3.63, 3.8) is 0 Å². The number of carbonyl (C=O) groups is 1. The molecular formula is C21H20ClNO3. The summed E-state index contributed by atoms with van der Waals surface area (Å²) in [6.07, 6.45) is 0.425. The second-order valence-corrected chi connectivity index (χ2v) is 6.90. The van der Waals surface area contributed by atoms with E-state index in [1.807, 2.05) is 44.2 Å². The molecule has 1 N–H and O–H groups in total. The van der Waals surface area contributed by atoms with E-state index in [-0.39, 0.29) is 11.6 Å². The van der Waals surface area contributed by atoms with Crippen molar-refractivity contribution in [2.75, 3.05) is 7.11 Å². The fourth-order valence-corrected chi connectivity index (χ4v) is 3.53. The van der Waals surface area contributed by atoms with Crippen LogP contribution in [-0.4, -0.2) is 23.2 Å². The van der Waals surface area contributed by atoms with E-state index in [4.69, 9.17) is 16.3 Å². The van der Waals surface area contributed by atoms with Crippen LogP contribution >= 0.6 is 11.6 Å². The molecule has 0 bridgehead atoms. The summed E-state index contributed by atoms with van der Waals surface area (Å²) in [7, 11) is 1.61. The van der Waals surface area contributed by atoms with Crippen molar-refractivity contribution in [3.8, 4) is 5.75 Å². The Balaban J connectivity index is 2.32. The second kappa shape index (κ2) is 7.34. The van der Waals surface area contributed by atoms with Crippen LogP contribution < -0.4 is 4.74 Å². The fourth-order valence-electron chi connectivity index (χ4n) is 3.35. The van der Waals surface area contributed by atoms with Gasteiger partial charge in [-0.3, -0.25) is 0 Å². The van der Waals surface area contributed by atoms with Gasteiger partial charge in [0, 0.05) is 16.8 Å². The largest absolute Gasteiger partial charge is 0.496 e. The minimum absolute atomic E-state index is 0.0782. The van der Waals surface area contributed by atoms with Crippen LogP contribution in [0.1, 0.15) is 46.9 Å². The maximum absolute atomic E-state index is 11.9. The SMILES string of the molecule is COc1ccccc1Cc1c(C(=O)O)nc2ccc(Cl)cc2c1C(C)C. The van der Waals surface area contributed by atoms with Crippen LogP contribution in [0, 0.1) is 0 Å². The molecule has 0 aliphatic heterocycles. The highest BCUT2D eigenvalue weighted by Gasteiger charge is 2.22. The summed E-state index contributed by atoms with van der Waals surface area (Å²) in [4.78, 5) is 16.3. The third-order valence-electron chi connectivity index (χ3n) is 4.43. The Morgan fingerprint density at radius 3 is 2.62 bits per heavy atom. The lowest BCUT2D eigenvalue weighted by Gasteiger charge is -2.19. The Morgan fingerprint density at radius 2 is 1.96 bits per heavy atom. The molecule has 1 aromatic heterocycles. The molecule has 0 atom stereocenters. The number of hydrogen-bond donors (Lipinski definition) is 1. The zero-order valence-corrected chi connectivity index (χ0v) is 15.7. The van der Waals surface area contributed by atoms with Crippen molar-refractivity contribution in [3.05, 3.63) is 69.9 Å². The van der Waals surface area contributed by atoms with Crippen molar-refractivity contribution < 1.29 is 14.6 Å². The molecule has 3 rings (SSSR count). The lowest BCUT2D eigenvalue weighted by molar-refractivity contribution is 0.0689. The molecule has 0 unspecified atom stereocenters. The van der Waals surface area contributed by atoms with Crippen molar-refractivity contribution in [1.29, 1.82) is 0 Å². The van der Waals surface area contributed by atoms with Gasteiger partial charge < -0.3 is 9.84 Å². The van der Waals surface area contributed by atoms with E-state index in [2.05, 4.69) is 4.98 Å². The summed E-state index contributed by atoms with van der Waals surface area (Å²) < 4.78 is 5.44. The van der Waals surface area contributed by atoms with Crippen LogP contribution in [0.5, 0.6) is 5.75 Å². The normalized spacial score (nSPS) is 11.1. The summed E-state index contributed by atoms with van der Waals surface area (Å²) in [5, 5.41) is 11.3. The summed E-state index contributed by atoms with van der Waals surface area (Å²) in [6, 6.07) is 13.0. The van der Waals surface area contributed by atoms with E-state index in [0.29, 0.717) is 22.5 Å². The number of pyridine rings is 1. The Bertz CT molecular complexity index is 982. The van der Waals surface area contributed by atoms with Gasteiger partial charge in [0.2, 0.25) is 0 Å². The van der Waals surface area contributed by atoms with Gasteiger partial charge in [-0.25, -0.2) is 9.78 Å². The number of rotatable bonds is 5. The number of hydrogen-bond acceptors (Lipinski definition) is 3. The monoisotopic (exact) mass is 369 g/mol. The molecule has 134 valence electrons. The van der Waals surface area contributed by atoms with Gasteiger partial charge in [0.05, 0.1) is 12.6 Å². The van der Waals surface area contributed by atoms with Crippen molar-refractivity contribution in [1.82, 2.24) is 4.98 Å². The minimum atomic E-state index is -1.03. The average molecular weight is 370 g/mol. The van der Waals surface area contributed by atoms with Gasteiger partial charge in [-0.15, -0.1) is 0 Å². The highest BCUT2D eigenvalue weighted by atomic mass is 35.5. The molecule has 0 fully saturated rings. The van der Waals surface area contributed by atoms with E-state index in [9.17, 15) is 9.90 Å². The molecule has 0 saturated heterocycles. The van der Waals surface area contributed by atoms with Gasteiger partial charge in [0.25, 0.3) is 0 Å². The number of methoxy groups -OCH3 is 1. The first kappa shape index (κ1) is 18.2. The maximum Gasteiger partial charge on any atom is 0.354 e. The van der Waals surface area contributed by atoms with Gasteiger partial charge >= 0.3 is 5.97 Å². The molecule has 0 aliphatic rings. The molecule has 0 radical (unpaired) electrons. The van der Waals surface area contributed by atoms with Crippen molar-refractivity contribution >= 4 is 28.5 Å². The Kier molecular flexibility index (Phi) is 5.14. The predicted molar refractivity (Wildman–Crippen MR) is 104 cm³/mol. The number of aromatic carboxylic acids is 1. The van der Waals surface area contributed by atoms with Crippen LogP contribution in [0.15, 0.2) is 42.5 Å². The van der Waals surface area contributed by atoms with Gasteiger partial charge in [-0.1, -0.05) is 43.6 Å². The topological polar surface area (TPSA) is 59.4 Å². The molecule has 4 nitrogen and oxygen atoms in total.